The van der Waals surface area contributed by atoms with Crippen LogP contribution in [0.5, 0.6) is 5.75 Å². The van der Waals surface area contributed by atoms with Crippen molar-refractivity contribution in [3.05, 3.63) is 23.8 Å². The van der Waals surface area contributed by atoms with Gasteiger partial charge in [0.05, 0.1) is 18.4 Å². The second-order valence-corrected chi connectivity index (χ2v) is 4.61. The maximum atomic E-state index is 12.0. The number of carbonyl (C=O) groups excluding carboxylic acids is 2. The van der Waals surface area contributed by atoms with Crippen molar-refractivity contribution in [3.63, 3.8) is 0 Å². The Balaban J connectivity index is 2.66. The largest absolute Gasteiger partial charge is 0.495 e. The quantitative estimate of drug-likeness (QED) is 0.454. The van der Waals surface area contributed by atoms with Crippen LogP contribution in [0.3, 0.4) is 0 Å². The molecule has 21 heavy (non-hydrogen) atoms. The minimum atomic E-state index is -0.875. The summed E-state index contributed by atoms with van der Waals surface area (Å²) in [6.07, 6.45) is 0.990. The number of unbranched alkanes of at least 4 members (excludes halogenated alkanes) is 1. The van der Waals surface area contributed by atoms with E-state index in [4.69, 9.17) is 15.2 Å². The molecule has 6 nitrogen and oxygen atoms in total. The summed E-state index contributed by atoms with van der Waals surface area (Å²) in [5, 5.41) is 2.71. The average molecular weight is 294 g/mol. The van der Waals surface area contributed by atoms with Crippen LogP contribution < -0.4 is 15.8 Å². The zero-order chi connectivity index (χ0) is 15.8. The number of rotatable bonds is 7. The van der Waals surface area contributed by atoms with Gasteiger partial charge >= 0.3 is 5.97 Å². The van der Waals surface area contributed by atoms with Crippen LogP contribution >= 0.6 is 0 Å². The molecular formula is C15H22N2O4. The Morgan fingerprint density at radius 2 is 2.10 bits per heavy atom. The molecule has 1 unspecified atom stereocenters. The lowest BCUT2D eigenvalue weighted by molar-refractivity contribution is -0.129. The number of esters is 1. The van der Waals surface area contributed by atoms with Crippen molar-refractivity contribution in [2.45, 2.75) is 32.8 Å². The summed E-state index contributed by atoms with van der Waals surface area (Å²) in [6.45, 7) is 4.12. The second-order valence-electron chi connectivity index (χ2n) is 4.61. The fourth-order valence-corrected chi connectivity index (χ4v) is 1.71. The minimum Gasteiger partial charge on any atom is -0.495 e. The van der Waals surface area contributed by atoms with Crippen LogP contribution in [0.4, 0.5) is 5.69 Å². The molecule has 0 aliphatic carbocycles. The Morgan fingerprint density at radius 3 is 2.71 bits per heavy atom. The smallest absolute Gasteiger partial charge is 0.341 e. The number of methoxy groups -OCH3 is 1. The van der Waals surface area contributed by atoms with Crippen molar-refractivity contribution in [1.82, 2.24) is 5.32 Å². The lowest BCUT2D eigenvalue weighted by atomic mass is 10.1. The van der Waals surface area contributed by atoms with Crippen molar-refractivity contribution in [3.8, 4) is 5.75 Å². The van der Waals surface area contributed by atoms with Gasteiger partial charge < -0.3 is 20.5 Å². The first-order chi connectivity index (χ1) is 10.0. The number of nitrogens with two attached hydrogens (primary N) is 1. The molecule has 0 aliphatic heterocycles. The third kappa shape index (κ3) is 4.66. The normalized spacial score (nSPS) is 11.6. The molecule has 1 atom stereocenters. The van der Waals surface area contributed by atoms with Gasteiger partial charge in [-0.05, 0) is 25.5 Å². The van der Waals surface area contributed by atoms with Gasteiger partial charge in [-0.25, -0.2) is 4.79 Å². The van der Waals surface area contributed by atoms with Gasteiger partial charge in [-0.2, -0.15) is 0 Å². The molecule has 0 heterocycles. The first-order valence-electron chi connectivity index (χ1n) is 6.92. The molecule has 0 aliphatic rings. The first kappa shape index (κ1) is 16.8. The van der Waals surface area contributed by atoms with E-state index in [9.17, 15) is 9.59 Å². The number of benzene rings is 1. The molecule has 116 valence electrons. The number of carbonyl (C=O) groups is 2. The minimum absolute atomic E-state index is 0.183. The number of ether oxygens (including phenoxy) is 2. The van der Waals surface area contributed by atoms with E-state index in [0.29, 0.717) is 12.3 Å². The molecule has 1 aromatic rings. The zero-order valence-corrected chi connectivity index (χ0v) is 12.6. The SMILES string of the molecule is CCCCNC(=O)C(C)OC(=O)c1cccc(OC)c1N. The topological polar surface area (TPSA) is 90.6 Å². The predicted octanol–water partition coefficient (Wildman–Crippen LogP) is 1.74. The molecule has 0 spiro atoms. The van der Waals surface area contributed by atoms with Gasteiger partial charge in [-0.15, -0.1) is 0 Å². The molecule has 1 rings (SSSR count). The van der Waals surface area contributed by atoms with Crippen molar-refractivity contribution in [2.24, 2.45) is 0 Å². The summed E-state index contributed by atoms with van der Waals surface area (Å²) < 4.78 is 10.2. The molecule has 1 aromatic carbocycles. The van der Waals surface area contributed by atoms with E-state index in [2.05, 4.69) is 5.32 Å². The Labute approximate surface area is 124 Å². The molecule has 6 heteroatoms. The Hall–Kier alpha value is -2.24. The van der Waals surface area contributed by atoms with E-state index in [1.807, 2.05) is 6.92 Å². The van der Waals surface area contributed by atoms with Crippen LogP contribution in [-0.4, -0.2) is 31.6 Å². The average Bonchev–Trinajstić information content (AvgIpc) is 2.47. The molecule has 3 N–H and O–H groups in total. The Bertz CT molecular complexity index is 502. The van der Waals surface area contributed by atoms with E-state index in [-0.39, 0.29) is 17.2 Å². The molecular weight excluding hydrogens is 272 g/mol. The highest BCUT2D eigenvalue weighted by Crippen LogP contribution is 2.25. The van der Waals surface area contributed by atoms with Crippen LogP contribution in [0.1, 0.15) is 37.0 Å². The standard InChI is InChI=1S/C15H22N2O4/c1-4-5-9-17-14(18)10(2)21-15(19)11-7-6-8-12(20-3)13(11)16/h6-8,10H,4-5,9,16H2,1-3H3,(H,17,18). The highest BCUT2D eigenvalue weighted by Gasteiger charge is 2.21. The van der Waals surface area contributed by atoms with E-state index in [1.54, 1.807) is 12.1 Å². The highest BCUT2D eigenvalue weighted by molar-refractivity contribution is 5.98. The summed E-state index contributed by atoms with van der Waals surface area (Å²) >= 11 is 0. The van der Waals surface area contributed by atoms with E-state index < -0.39 is 12.1 Å². The van der Waals surface area contributed by atoms with Gasteiger partial charge in [0.25, 0.3) is 5.91 Å². The van der Waals surface area contributed by atoms with Gasteiger partial charge in [-0.1, -0.05) is 19.4 Å². The monoisotopic (exact) mass is 294 g/mol. The van der Waals surface area contributed by atoms with Crippen LogP contribution in [-0.2, 0) is 9.53 Å². The molecule has 0 fully saturated rings. The van der Waals surface area contributed by atoms with Gasteiger partial charge in [-0.3, -0.25) is 4.79 Å². The summed E-state index contributed by atoms with van der Waals surface area (Å²) in [7, 11) is 1.46. The molecule has 1 amide bonds. The number of nitrogen functional groups attached to an aromatic ring is 1. The number of hydrogen-bond acceptors (Lipinski definition) is 5. The van der Waals surface area contributed by atoms with E-state index in [0.717, 1.165) is 12.8 Å². The van der Waals surface area contributed by atoms with Crippen molar-refractivity contribution < 1.29 is 19.1 Å². The number of amides is 1. The third-order valence-corrected chi connectivity index (χ3v) is 2.99. The summed E-state index contributed by atoms with van der Waals surface area (Å²) in [5.41, 5.74) is 6.20. The lowest BCUT2D eigenvalue weighted by Gasteiger charge is -2.15. The summed E-state index contributed by atoms with van der Waals surface area (Å²) in [5.74, 6) is -0.577. The van der Waals surface area contributed by atoms with Gasteiger partial charge in [0.2, 0.25) is 0 Å². The molecule has 0 aromatic heterocycles. The van der Waals surface area contributed by atoms with Crippen molar-refractivity contribution in [1.29, 1.82) is 0 Å². The van der Waals surface area contributed by atoms with Gasteiger partial charge in [0.1, 0.15) is 5.75 Å². The number of para-hydroxylation sites is 1. The number of anilines is 1. The van der Waals surface area contributed by atoms with E-state index >= 15 is 0 Å². The fourth-order valence-electron chi connectivity index (χ4n) is 1.71. The van der Waals surface area contributed by atoms with Crippen molar-refractivity contribution in [2.75, 3.05) is 19.4 Å². The zero-order valence-electron chi connectivity index (χ0n) is 12.6. The predicted molar refractivity (Wildman–Crippen MR) is 80.2 cm³/mol. The van der Waals surface area contributed by atoms with Crippen molar-refractivity contribution >= 4 is 17.6 Å². The Kier molecular flexibility index (Phi) is 6.52. The van der Waals surface area contributed by atoms with Crippen LogP contribution in [0.25, 0.3) is 0 Å². The van der Waals surface area contributed by atoms with E-state index in [1.165, 1.54) is 20.1 Å². The molecule has 0 radical (unpaired) electrons. The molecule has 0 saturated carbocycles. The third-order valence-electron chi connectivity index (χ3n) is 2.99. The molecule has 0 saturated heterocycles. The maximum Gasteiger partial charge on any atom is 0.341 e. The molecule has 0 bridgehead atoms. The lowest BCUT2D eigenvalue weighted by Crippen LogP contribution is -2.36. The first-order valence-corrected chi connectivity index (χ1v) is 6.92. The number of nitrogens with one attached hydrogen (secondary N) is 1. The number of hydrogen-bond donors (Lipinski definition) is 2. The summed E-state index contributed by atoms with van der Waals surface area (Å²) in [4.78, 5) is 23.8. The second kappa shape index (κ2) is 8.14. The van der Waals surface area contributed by atoms with Gasteiger partial charge in [0.15, 0.2) is 6.10 Å². The highest BCUT2D eigenvalue weighted by atomic mass is 16.5. The fraction of sp³-hybridized carbons (Fsp3) is 0.467. The van der Waals surface area contributed by atoms with Crippen LogP contribution in [0.2, 0.25) is 0 Å². The van der Waals surface area contributed by atoms with Crippen LogP contribution in [0, 0.1) is 0 Å². The summed E-state index contributed by atoms with van der Waals surface area (Å²) in [6, 6.07) is 4.81. The van der Waals surface area contributed by atoms with Crippen LogP contribution in [0.15, 0.2) is 18.2 Å². The Morgan fingerprint density at radius 1 is 1.38 bits per heavy atom. The van der Waals surface area contributed by atoms with Gasteiger partial charge in [0, 0.05) is 6.54 Å². The maximum absolute atomic E-state index is 12.0.